The van der Waals surface area contributed by atoms with Crippen LogP contribution in [0.15, 0.2) is 0 Å². The Morgan fingerprint density at radius 3 is 2.25 bits per heavy atom. The smallest absolute Gasteiger partial charge is 0.330 e. The van der Waals surface area contributed by atoms with E-state index in [1.165, 1.54) is 0 Å². The summed E-state index contributed by atoms with van der Waals surface area (Å²) in [5, 5.41) is 1.77. The van der Waals surface area contributed by atoms with Gasteiger partial charge in [-0.3, -0.25) is 0 Å². The van der Waals surface area contributed by atoms with Gasteiger partial charge in [-0.2, -0.15) is 0 Å². The molecule has 4 heteroatoms. The Morgan fingerprint density at radius 2 is 1.88 bits per heavy atom. The Bertz CT molecular complexity index is 238. The molecule has 1 heterocycles. The maximum Gasteiger partial charge on any atom is 0.330 e. The number of nitrogens with zero attached hydrogens (tertiary/aromatic N) is 1. The van der Waals surface area contributed by atoms with Crippen LogP contribution in [0.3, 0.4) is 0 Å². The van der Waals surface area contributed by atoms with Gasteiger partial charge >= 0.3 is 5.97 Å². The van der Waals surface area contributed by atoms with E-state index in [1.54, 1.807) is 5.06 Å². The Balaban J connectivity index is 2.35. The number of rotatable bonds is 2. The van der Waals surface area contributed by atoms with Crippen LogP contribution in [0.5, 0.6) is 0 Å². The lowest BCUT2D eigenvalue weighted by Crippen LogP contribution is -2.42. The summed E-state index contributed by atoms with van der Waals surface area (Å²) in [6.45, 7) is 9.24. The van der Waals surface area contributed by atoms with E-state index in [0.717, 1.165) is 25.9 Å². The van der Waals surface area contributed by atoms with Gasteiger partial charge in [0.1, 0.15) is 0 Å². The molecule has 1 aliphatic heterocycles. The fourth-order valence-electron chi connectivity index (χ4n) is 1.75. The number of hydrogen-bond acceptors (Lipinski definition) is 4. The number of piperidine rings is 1. The van der Waals surface area contributed by atoms with Crippen molar-refractivity contribution in [3.63, 3.8) is 0 Å². The Hall–Kier alpha value is -0.610. The zero-order valence-corrected chi connectivity index (χ0v) is 10.8. The lowest BCUT2D eigenvalue weighted by molar-refractivity contribution is -0.206. The second-order valence-corrected chi connectivity index (χ2v) is 5.75. The van der Waals surface area contributed by atoms with Gasteiger partial charge in [-0.25, -0.2) is 4.79 Å². The van der Waals surface area contributed by atoms with Crippen molar-refractivity contribution in [2.45, 2.75) is 46.6 Å². The number of hydrogen-bond donors (Lipinski definition) is 1. The Morgan fingerprint density at radius 1 is 1.38 bits per heavy atom. The molecule has 94 valence electrons. The summed E-state index contributed by atoms with van der Waals surface area (Å²) in [4.78, 5) is 17.0. The largest absolute Gasteiger partial charge is 0.367 e. The molecule has 0 radical (unpaired) electrons. The molecule has 0 spiro atoms. The van der Waals surface area contributed by atoms with E-state index in [9.17, 15) is 4.79 Å². The van der Waals surface area contributed by atoms with Gasteiger partial charge in [0, 0.05) is 19.1 Å². The van der Waals surface area contributed by atoms with Crippen LogP contribution in [0.25, 0.3) is 0 Å². The van der Waals surface area contributed by atoms with E-state index in [4.69, 9.17) is 10.6 Å². The minimum Gasteiger partial charge on any atom is -0.367 e. The van der Waals surface area contributed by atoms with Crippen molar-refractivity contribution >= 4 is 5.97 Å². The van der Waals surface area contributed by atoms with Crippen molar-refractivity contribution in [1.82, 2.24) is 5.06 Å². The van der Waals surface area contributed by atoms with Crippen molar-refractivity contribution in [2.24, 2.45) is 17.1 Å². The van der Waals surface area contributed by atoms with Crippen LogP contribution in [-0.4, -0.2) is 30.2 Å². The second kappa shape index (κ2) is 5.15. The number of carbonyl (C=O) groups excluding carboxylic acids is 1. The molecule has 0 bridgehead atoms. The van der Waals surface area contributed by atoms with Crippen LogP contribution in [0.4, 0.5) is 0 Å². The van der Waals surface area contributed by atoms with E-state index >= 15 is 0 Å². The topological polar surface area (TPSA) is 55.6 Å². The molecule has 1 saturated heterocycles. The number of hydroxylamine groups is 2. The van der Waals surface area contributed by atoms with Crippen molar-refractivity contribution in [3.8, 4) is 0 Å². The molecule has 0 aromatic carbocycles. The van der Waals surface area contributed by atoms with E-state index in [-0.39, 0.29) is 12.0 Å². The molecule has 16 heavy (non-hydrogen) atoms. The second-order valence-electron chi connectivity index (χ2n) is 5.75. The van der Waals surface area contributed by atoms with Crippen LogP contribution < -0.4 is 5.73 Å². The minimum absolute atomic E-state index is 0.160. The van der Waals surface area contributed by atoms with Crippen molar-refractivity contribution < 1.29 is 9.63 Å². The lowest BCUT2D eigenvalue weighted by Gasteiger charge is -2.33. The van der Waals surface area contributed by atoms with Crippen LogP contribution in [0, 0.1) is 11.3 Å². The highest BCUT2D eigenvalue weighted by molar-refractivity contribution is 5.75. The highest BCUT2D eigenvalue weighted by Gasteiger charge is 2.29. The first-order chi connectivity index (χ1) is 7.30. The van der Waals surface area contributed by atoms with Gasteiger partial charge in [0.05, 0.1) is 5.41 Å². The zero-order valence-electron chi connectivity index (χ0n) is 10.8. The van der Waals surface area contributed by atoms with Gasteiger partial charge in [-0.15, -0.1) is 5.06 Å². The summed E-state index contributed by atoms with van der Waals surface area (Å²) >= 11 is 0. The number of carbonyl (C=O) groups is 1. The van der Waals surface area contributed by atoms with E-state index in [2.05, 4.69) is 0 Å². The first-order valence-corrected chi connectivity index (χ1v) is 6.03. The maximum absolute atomic E-state index is 11.7. The third kappa shape index (κ3) is 3.76. The molecule has 2 N–H and O–H groups in total. The lowest BCUT2D eigenvalue weighted by atomic mass is 9.92. The maximum atomic E-state index is 11.7. The van der Waals surface area contributed by atoms with Crippen molar-refractivity contribution in [2.75, 3.05) is 13.1 Å². The van der Waals surface area contributed by atoms with Gasteiger partial charge in [0.2, 0.25) is 0 Å². The molecule has 1 fully saturated rings. The molecule has 1 aliphatic rings. The summed E-state index contributed by atoms with van der Waals surface area (Å²) in [5.41, 5.74) is 5.42. The molecule has 0 unspecified atom stereocenters. The summed E-state index contributed by atoms with van der Waals surface area (Å²) < 4.78 is 0. The normalized spacial score (nSPS) is 21.8. The van der Waals surface area contributed by atoms with Gasteiger partial charge in [-0.1, -0.05) is 0 Å². The highest BCUT2D eigenvalue weighted by atomic mass is 16.7. The van der Waals surface area contributed by atoms with Crippen LogP contribution in [-0.2, 0) is 9.63 Å². The third-order valence-corrected chi connectivity index (χ3v) is 3.07. The third-order valence-electron chi connectivity index (χ3n) is 3.07. The predicted molar refractivity (Wildman–Crippen MR) is 63.5 cm³/mol. The predicted octanol–water partition coefficient (Wildman–Crippen LogP) is 1.55. The van der Waals surface area contributed by atoms with Gasteiger partial charge < -0.3 is 10.6 Å². The standard InChI is InChI=1S/C12H24N2O2/c1-9(13)10-5-7-14(8-6-10)16-11(15)12(2,3)4/h9-10H,5-8,13H2,1-4H3/t9-/m0/s1. The molecule has 1 rings (SSSR count). The van der Waals surface area contributed by atoms with Gasteiger partial charge in [-0.05, 0) is 46.5 Å². The van der Waals surface area contributed by atoms with Gasteiger partial charge in [0.15, 0.2) is 0 Å². The first kappa shape index (κ1) is 13.5. The molecule has 0 aromatic rings. The van der Waals surface area contributed by atoms with E-state index in [0.29, 0.717) is 5.92 Å². The number of nitrogens with two attached hydrogens (primary N) is 1. The molecule has 0 amide bonds. The molecule has 4 nitrogen and oxygen atoms in total. The van der Waals surface area contributed by atoms with E-state index in [1.807, 2.05) is 27.7 Å². The fourth-order valence-corrected chi connectivity index (χ4v) is 1.75. The zero-order chi connectivity index (χ0) is 12.3. The van der Waals surface area contributed by atoms with E-state index < -0.39 is 5.41 Å². The molecule has 0 saturated carbocycles. The monoisotopic (exact) mass is 228 g/mol. The van der Waals surface area contributed by atoms with Crippen LogP contribution >= 0.6 is 0 Å². The molecule has 0 aromatic heterocycles. The summed E-state index contributed by atoms with van der Waals surface area (Å²) in [6.07, 6.45) is 2.02. The SMILES string of the molecule is C[C@H](N)C1CCN(OC(=O)C(C)(C)C)CC1. The Labute approximate surface area is 98.1 Å². The van der Waals surface area contributed by atoms with Crippen LogP contribution in [0.2, 0.25) is 0 Å². The fraction of sp³-hybridized carbons (Fsp3) is 0.917. The molecular formula is C12H24N2O2. The summed E-state index contributed by atoms with van der Waals surface area (Å²) in [5.74, 6) is 0.399. The Kier molecular flexibility index (Phi) is 4.33. The van der Waals surface area contributed by atoms with Gasteiger partial charge in [0.25, 0.3) is 0 Å². The minimum atomic E-state index is -0.433. The summed E-state index contributed by atoms with van der Waals surface area (Å²) in [7, 11) is 0. The van der Waals surface area contributed by atoms with Crippen molar-refractivity contribution in [3.05, 3.63) is 0 Å². The van der Waals surface area contributed by atoms with Crippen LogP contribution in [0.1, 0.15) is 40.5 Å². The summed E-state index contributed by atoms with van der Waals surface area (Å²) in [6, 6.07) is 0.237. The molecular weight excluding hydrogens is 204 g/mol. The quantitative estimate of drug-likeness (QED) is 0.779. The van der Waals surface area contributed by atoms with Crippen molar-refractivity contribution in [1.29, 1.82) is 0 Å². The molecule has 0 aliphatic carbocycles. The molecule has 1 atom stereocenters. The first-order valence-electron chi connectivity index (χ1n) is 6.03. The average Bonchev–Trinajstić information content (AvgIpc) is 2.17. The highest BCUT2D eigenvalue weighted by Crippen LogP contribution is 2.22. The average molecular weight is 228 g/mol.